The van der Waals surface area contributed by atoms with Gasteiger partial charge < -0.3 is 0 Å². The Hall–Kier alpha value is -2.95. The van der Waals surface area contributed by atoms with Crippen molar-refractivity contribution in [2.24, 2.45) is 4.99 Å². The van der Waals surface area contributed by atoms with E-state index in [1.165, 1.54) is 0 Å². The third kappa shape index (κ3) is 3.14. The van der Waals surface area contributed by atoms with Gasteiger partial charge in [0.05, 0.1) is 5.69 Å². The standard InChI is InChI=1S/C22H24N4O/c1-15(2)23-20-13-6-7-14-25(20)22(27)21-17-10-8-12-19(17)26(24-21)18-11-5-4-9-16(18)3/h4-7,9,11,13-15H,8,10,12H2,1-3H3. The number of nitrogens with zero attached hydrogens (tertiary/aromatic N) is 4. The van der Waals surface area contributed by atoms with Crippen molar-refractivity contribution in [2.45, 2.75) is 46.1 Å². The average Bonchev–Trinajstić information content (AvgIpc) is 3.24. The lowest BCUT2D eigenvalue weighted by Gasteiger charge is -2.08. The van der Waals surface area contributed by atoms with E-state index in [9.17, 15) is 4.79 Å². The van der Waals surface area contributed by atoms with Crippen molar-refractivity contribution < 1.29 is 4.79 Å². The van der Waals surface area contributed by atoms with Crippen LogP contribution in [0.4, 0.5) is 0 Å². The van der Waals surface area contributed by atoms with E-state index in [1.807, 2.05) is 48.9 Å². The van der Waals surface area contributed by atoms with Crippen LogP contribution in [0.5, 0.6) is 0 Å². The van der Waals surface area contributed by atoms with Crippen molar-refractivity contribution in [1.82, 2.24) is 14.3 Å². The van der Waals surface area contributed by atoms with Gasteiger partial charge in [-0.1, -0.05) is 24.3 Å². The molecule has 0 aliphatic heterocycles. The first-order chi connectivity index (χ1) is 13.1. The lowest BCUT2D eigenvalue weighted by molar-refractivity contribution is 0.0948. The number of hydrogen-bond donors (Lipinski definition) is 0. The van der Waals surface area contributed by atoms with Gasteiger partial charge in [0.15, 0.2) is 5.69 Å². The number of pyridine rings is 1. The maximum atomic E-state index is 13.4. The summed E-state index contributed by atoms with van der Waals surface area (Å²) < 4.78 is 3.58. The Morgan fingerprint density at radius 2 is 1.89 bits per heavy atom. The lowest BCUT2D eigenvalue weighted by atomic mass is 10.1. The molecule has 0 spiro atoms. The second-order valence-electron chi connectivity index (χ2n) is 7.28. The van der Waals surface area contributed by atoms with Crippen LogP contribution >= 0.6 is 0 Å². The van der Waals surface area contributed by atoms with Gasteiger partial charge in [-0.25, -0.2) is 4.68 Å². The van der Waals surface area contributed by atoms with Crippen molar-refractivity contribution in [2.75, 3.05) is 0 Å². The highest BCUT2D eigenvalue weighted by Crippen LogP contribution is 2.29. The van der Waals surface area contributed by atoms with Crippen LogP contribution in [0.2, 0.25) is 0 Å². The summed E-state index contributed by atoms with van der Waals surface area (Å²) in [7, 11) is 0. The van der Waals surface area contributed by atoms with Gasteiger partial charge in [0.25, 0.3) is 5.91 Å². The van der Waals surface area contributed by atoms with Crippen LogP contribution in [0.25, 0.3) is 5.69 Å². The molecule has 1 aromatic carbocycles. The third-order valence-corrected chi connectivity index (χ3v) is 4.92. The molecule has 2 aromatic heterocycles. The van der Waals surface area contributed by atoms with Gasteiger partial charge in [0.2, 0.25) is 0 Å². The fourth-order valence-electron chi connectivity index (χ4n) is 3.70. The molecule has 0 fully saturated rings. The van der Waals surface area contributed by atoms with Gasteiger partial charge in [-0.15, -0.1) is 0 Å². The fraction of sp³-hybridized carbons (Fsp3) is 0.318. The number of benzene rings is 1. The quantitative estimate of drug-likeness (QED) is 0.718. The van der Waals surface area contributed by atoms with Crippen LogP contribution in [0.3, 0.4) is 0 Å². The first-order valence-corrected chi connectivity index (χ1v) is 9.49. The van der Waals surface area contributed by atoms with Crippen LogP contribution in [0, 0.1) is 6.92 Å². The molecular weight excluding hydrogens is 336 g/mol. The van der Waals surface area contributed by atoms with Crippen LogP contribution in [0.15, 0.2) is 53.7 Å². The predicted molar refractivity (Wildman–Crippen MR) is 105 cm³/mol. The van der Waals surface area contributed by atoms with Crippen molar-refractivity contribution in [3.8, 4) is 5.69 Å². The summed E-state index contributed by atoms with van der Waals surface area (Å²) in [5, 5.41) is 4.76. The zero-order valence-electron chi connectivity index (χ0n) is 16.0. The fourth-order valence-corrected chi connectivity index (χ4v) is 3.70. The van der Waals surface area contributed by atoms with E-state index in [-0.39, 0.29) is 11.9 Å². The van der Waals surface area contributed by atoms with Gasteiger partial charge in [-0.3, -0.25) is 14.4 Å². The van der Waals surface area contributed by atoms with Crippen LogP contribution in [-0.4, -0.2) is 26.3 Å². The number of rotatable bonds is 3. The molecule has 5 heteroatoms. The Balaban J connectivity index is 1.87. The molecule has 0 N–H and O–H groups in total. The average molecular weight is 360 g/mol. The first kappa shape index (κ1) is 17.5. The SMILES string of the molecule is Cc1ccccc1-n1nc(C(=O)n2ccccc2=NC(C)C)c2c1CCC2. The molecule has 0 atom stereocenters. The van der Waals surface area contributed by atoms with E-state index < -0.39 is 0 Å². The summed E-state index contributed by atoms with van der Waals surface area (Å²) >= 11 is 0. The zero-order chi connectivity index (χ0) is 19.0. The zero-order valence-corrected chi connectivity index (χ0v) is 16.0. The minimum atomic E-state index is -0.111. The number of carbonyl (C=O) groups excluding carboxylic acids is 1. The van der Waals surface area contributed by atoms with Gasteiger partial charge in [-0.2, -0.15) is 5.10 Å². The van der Waals surface area contributed by atoms with Crippen molar-refractivity contribution in [3.63, 3.8) is 0 Å². The van der Waals surface area contributed by atoms with E-state index in [4.69, 9.17) is 5.10 Å². The van der Waals surface area contributed by atoms with Gasteiger partial charge in [-0.05, 0) is 63.8 Å². The van der Waals surface area contributed by atoms with E-state index >= 15 is 0 Å². The molecule has 0 saturated heterocycles. The first-order valence-electron chi connectivity index (χ1n) is 9.49. The highest BCUT2D eigenvalue weighted by molar-refractivity contribution is 5.95. The minimum absolute atomic E-state index is 0.111. The molecule has 1 aliphatic rings. The smallest absolute Gasteiger partial charge is 0.266 e. The second kappa shape index (κ2) is 6.99. The predicted octanol–water partition coefficient (Wildman–Crippen LogP) is 3.47. The summed E-state index contributed by atoms with van der Waals surface area (Å²) in [4.78, 5) is 18.0. The Morgan fingerprint density at radius 1 is 1.11 bits per heavy atom. The Kier molecular flexibility index (Phi) is 4.52. The van der Waals surface area contributed by atoms with E-state index in [2.05, 4.69) is 24.0 Å². The molecule has 138 valence electrons. The monoisotopic (exact) mass is 360 g/mol. The highest BCUT2D eigenvalue weighted by Gasteiger charge is 2.28. The van der Waals surface area contributed by atoms with Crippen molar-refractivity contribution in [3.05, 3.63) is 76.7 Å². The highest BCUT2D eigenvalue weighted by atomic mass is 16.2. The van der Waals surface area contributed by atoms with Crippen molar-refractivity contribution in [1.29, 1.82) is 0 Å². The molecule has 4 rings (SSSR count). The lowest BCUT2D eigenvalue weighted by Crippen LogP contribution is -2.29. The number of hydrogen-bond acceptors (Lipinski definition) is 3. The summed E-state index contributed by atoms with van der Waals surface area (Å²) in [6.07, 6.45) is 4.68. The van der Waals surface area contributed by atoms with Gasteiger partial charge in [0.1, 0.15) is 5.49 Å². The number of para-hydroxylation sites is 1. The number of aryl methyl sites for hydroxylation is 1. The number of aromatic nitrogens is 3. The Bertz CT molecular complexity index is 1070. The molecule has 1 aliphatic carbocycles. The number of carbonyl (C=O) groups is 1. The summed E-state index contributed by atoms with van der Waals surface area (Å²) in [6, 6.07) is 13.9. The van der Waals surface area contributed by atoms with Crippen LogP contribution < -0.4 is 5.49 Å². The van der Waals surface area contributed by atoms with E-state index in [0.29, 0.717) is 11.2 Å². The molecule has 3 aromatic rings. The molecule has 0 radical (unpaired) electrons. The van der Waals surface area contributed by atoms with Crippen molar-refractivity contribution >= 4 is 5.91 Å². The molecule has 5 nitrogen and oxygen atoms in total. The topological polar surface area (TPSA) is 52.2 Å². The maximum Gasteiger partial charge on any atom is 0.284 e. The molecule has 0 bridgehead atoms. The van der Waals surface area contributed by atoms with E-state index in [1.54, 1.807) is 10.8 Å². The Morgan fingerprint density at radius 3 is 2.67 bits per heavy atom. The molecule has 0 unspecified atom stereocenters. The number of fused-ring (bicyclic) bond motifs is 1. The van der Waals surface area contributed by atoms with Gasteiger partial charge in [0, 0.05) is 23.5 Å². The molecule has 0 amide bonds. The summed E-state index contributed by atoms with van der Waals surface area (Å²) in [5.74, 6) is -0.111. The molecule has 2 heterocycles. The largest absolute Gasteiger partial charge is 0.284 e. The third-order valence-electron chi connectivity index (χ3n) is 4.92. The second-order valence-corrected chi connectivity index (χ2v) is 7.28. The normalized spacial score (nSPS) is 14.0. The van der Waals surface area contributed by atoms with E-state index in [0.717, 1.165) is 41.8 Å². The van der Waals surface area contributed by atoms with Gasteiger partial charge >= 0.3 is 0 Å². The minimum Gasteiger partial charge on any atom is -0.266 e. The molecular formula is C22H24N4O. The summed E-state index contributed by atoms with van der Waals surface area (Å²) in [6.45, 7) is 6.09. The molecule has 0 saturated carbocycles. The maximum absolute atomic E-state index is 13.4. The summed E-state index contributed by atoms with van der Waals surface area (Å²) in [5.41, 5.74) is 5.63. The van der Waals surface area contributed by atoms with Crippen LogP contribution in [0.1, 0.15) is 47.6 Å². The molecule has 27 heavy (non-hydrogen) atoms. The Labute approximate surface area is 159 Å². The van der Waals surface area contributed by atoms with Crippen LogP contribution in [-0.2, 0) is 12.8 Å².